The zero-order chi connectivity index (χ0) is 15.6. The van der Waals surface area contributed by atoms with Crippen molar-refractivity contribution in [1.29, 1.82) is 0 Å². The summed E-state index contributed by atoms with van der Waals surface area (Å²) in [6.45, 7) is 7.46. The molecule has 2 rings (SSSR count). The Labute approximate surface area is 129 Å². The Bertz CT molecular complexity index is 539. The average Bonchev–Trinajstić information content (AvgIpc) is 3.19. The van der Waals surface area contributed by atoms with Crippen LogP contribution < -0.4 is 11.3 Å². The van der Waals surface area contributed by atoms with Gasteiger partial charge >= 0.3 is 5.97 Å². The number of thioether (sulfide) groups is 1. The van der Waals surface area contributed by atoms with Crippen LogP contribution >= 0.6 is 11.8 Å². The Hall–Kier alpha value is -1.34. The van der Waals surface area contributed by atoms with Crippen LogP contribution in [0.4, 0.5) is 5.82 Å². The number of rotatable bonds is 5. The summed E-state index contributed by atoms with van der Waals surface area (Å²) >= 11 is 1.36. The summed E-state index contributed by atoms with van der Waals surface area (Å²) in [5.41, 5.74) is 2.99. The van der Waals surface area contributed by atoms with E-state index in [4.69, 9.17) is 10.6 Å². The van der Waals surface area contributed by atoms with Gasteiger partial charge in [-0.3, -0.25) is 4.79 Å². The Balaban J connectivity index is 2.08. The maximum Gasteiger partial charge on any atom is 0.316 e. The van der Waals surface area contributed by atoms with Gasteiger partial charge in [0.15, 0.2) is 0 Å². The van der Waals surface area contributed by atoms with Crippen molar-refractivity contribution >= 4 is 23.5 Å². The van der Waals surface area contributed by atoms with Crippen LogP contribution in [0.3, 0.4) is 0 Å². The molecule has 1 heterocycles. The molecule has 0 aromatic carbocycles. The lowest BCUT2D eigenvalue weighted by molar-refractivity contribution is -0.151. The number of nitrogens with two attached hydrogens (primary N) is 1. The van der Waals surface area contributed by atoms with E-state index in [0.717, 1.165) is 29.3 Å². The topological polar surface area (TPSA) is 90.1 Å². The molecule has 0 aliphatic heterocycles. The molecule has 21 heavy (non-hydrogen) atoms. The first-order chi connectivity index (χ1) is 9.80. The molecule has 6 nitrogen and oxygen atoms in total. The quantitative estimate of drug-likeness (QED) is 0.284. The maximum atomic E-state index is 11.8. The molecule has 0 bridgehead atoms. The average molecular weight is 310 g/mol. The van der Waals surface area contributed by atoms with Gasteiger partial charge < -0.3 is 10.2 Å². The van der Waals surface area contributed by atoms with Gasteiger partial charge in [-0.25, -0.2) is 15.8 Å². The third kappa shape index (κ3) is 4.57. The number of aromatic nitrogens is 2. The molecule has 1 saturated carbocycles. The number of nitrogen functional groups attached to an aromatic ring is 1. The van der Waals surface area contributed by atoms with E-state index in [1.54, 1.807) is 0 Å². The highest BCUT2D eigenvalue weighted by atomic mass is 32.2. The van der Waals surface area contributed by atoms with Gasteiger partial charge in [-0.15, -0.1) is 0 Å². The molecule has 1 aliphatic rings. The molecule has 116 valence electrons. The van der Waals surface area contributed by atoms with Crippen LogP contribution in [0.1, 0.15) is 50.9 Å². The second-order valence-electron chi connectivity index (χ2n) is 6.15. The van der Waals surface area contributed by atoms with Gasteiger partial charge in [-0.05, 0) is 40.5 Å². The molecular formula is C14H22N4O2S. The number of hydrogen-bond acceptors (Lipinski definition) is 7. The van der Waals surface area contributed by atoms with Crippen LogP contribution in [0.2, 0.25) is 0 Å². The van der Waals surface area contributed by atoms with Crippen molar-refractivity contribution in [2.75, 3.05) is 11.2 Å². The van der Waals surface area contributed by atoms with Crippen molar-refractivity contribution in [3.05, 3.63) is 11.4 Å². The van der Waals surface area contributed by atoms with Crippen molar-refractivity contribution in [1.82, 2.24) is 9.97 Å². The third-order valence-corrected chi connectivity index (χ3v) is 4.00. The second-order valence-corrected chi connectivity index (χ2v) is 7.12. The number of nitrogens with zero attached hydrogens (tertiary/aromatic N) is 2. The van der Waals surface area contributed by atoms with E-state index in [1.165, 1.54) is 11.8 Å². The normalized spacial score (nSPS) is 14.9. The smallest absolute Gasteiger partial charge is 0.316 e. The van der Waals surface area contributed by atoms with Crippen LogP contribution in [-0.4, -0.2) is 27.3 Å². The number of esters is 1. The fourth-order valence-electron chi connectivity index (χ4n) is 1.82. The van der Waals surface area contributed by atoms with Crippen molar-refractivity contribution in [2.45, 2.75) is 57.1 Å². The van der Waals surface area contributed by atoms with Crippen LogP contribution in [0.5, 0.6) is 0 Å². The molecular weight excluding hydrogens is 288 g/mol. The SMILES string of the molecule is Cc1c(NN)nc(C2CC2)nc1SCC(=O)OC(C)(C)C. The summed E-state index contributed by atoms with van der Waals surface area (Å²) < 4.78 is 5.30. The number of carbonyl (C=O) groups excluding carboxylic acids is 1. The van der Waals surface area contributed by atoms with Gasteiger partial charge in [-0.2, -0.15) is 0 Å². The van der Waals surface area contributed by atoms with Crippen LogP contribution in [0.15, 0.2) is 5.03 Å². The number of carbonyl (C=O) groups is 1. The fraction of sp³-hybridized carbons (Fsp3) is 0.643. The van der Waals surface area contributed by atoms with E-state index in [0.29, 0.717) is 11.7 Å². The first-order valence-corrected chi connectivity index (χ1v) is 7.98. The van der Waals surface area contributed by atoms with E-state index in [1.807, 2.05) is 27.7 Å². The molecule has 0 unspecified atom stereocenters. The zero-order valence-electron chi connectivity index (χ0n) is 12.9. The lowest BCUT2D eigenvalue weighted by atomic mass is 10.2. The van der Waals surface area contributed by atoms with E-state index in [2.05, 4.69) is 15.4 Å². The summed E-state index contributed by atoms with van der Waals surface area (Å²) in [6.07, 6.45) is 2.23. The highest BCUT2D eigenvalue weighted by Crippen LogP contribution is 2.39. The predicted octanol–water partition coefficient (Wildman–Crippen LogP) is 2.38. The second kappa shape index (κ2) is 6.19. The summed E-state index contributed by atoms with van der Waals surface area (Å²) in [5, 5.41) is 0.783. The molecule has 0 saturated heterocycles. The summed E-state index contributed by atoms with van der Waals surface area (Å²) in [5.74, 6) is 7.34. The Morgan fingerprint density at radius 2 is 2.10 bits per heavy atom. The molecule has 0 spiro atoms. The van der Waals surface area contributed by atoms with Crippen LogP contribution in [0.25, 0.3) is 0 Å². The van der Waals surface area contributed by atoms with Crippen molar-refractivity contribution < 1.29 is 9.53 Å². The molecule has 1 aromatic rings. The lowest BCUT2D eigenvalue weighted by Gasteiger charge is -2.19. The monoisotopic (exact) mass is 310 g/mol. The number of hydrogen-bond donors (Lipinski definition) is 2. The summed E-state index contributed by atoms with van der Waals surface area (Å²) in [4.78, 5) is 20.8. The zero-order valence-corrected chi connectivity index (χ0v) is 13.7. The van der Waals surface area contributed by atoms with E-state index in [9.17, 15) is 4.79 Å². The molecule has 7 heteroatoms. The van der Waals surface area contributed by atoms with E-state index < -0.39 is 5.60 Å². The van der Waals surface area contributed by atoms with Crippen molar-refractivity contribution in [2.24, 2.45) is 5.84 Å². The number of nitrogens with one attached hydrogen (secondary N) is 1. The third-order valence-electron chi connectivity index (χ3n) is 2.94. The minimum absolute atomic E-state index is 0.225. The highest BCUT2D eigenvalue weighted by molar-refractivity contribution is 7.99. The first kappa shape index (κ1) is 16.0. The summed E-state index contributed by atoms with van der Waals surface area (Å²) in [7, 11) is 0. The number of hydrazine groups is 1. The molecule has 1 aliphatic carbocycles. The van der Waals surface area contributed by atoms with Gasteiger partial charge in [0.2, 0.25) is 0 Å². The van der Waals surface area contributed by atoms with Crippen molar-refractivity contribution in [3.8, 4) is 0 Å². The van der Waals surface area contributed by atoms with Gasteiger partial charge in [0, 0.05) is 11.5 Å². The minimum Gasteiger partial charge on any atom is -0.459 e. The standard InChI is InChI=1S/C14H22N4O2S/c1-8-11(18-15)16-12(9-5-6-9)17-13(8)21-7-10(19)20-14(2,3)4/h9H,5-7,15H2,1-4H3,(H,16,17,18). The van der Waals surface area contributed by atoms with Gasteiger partial charge in [0.05, 0.1) is 5.75 Å². The Kier molecular flexibility index (Phi) is 4.73. The minimum atomic E-state index is -0.471. The molecule has 1 fully saturated rings. The lowest BCUT2D eigenvalue weighted by Crippen LogP contribution is -2.25. The van der Waals surface area contributed by atoms with Crippen LogP contribution in [0, 0.1) is 6.92 Å². The fourth-order valence-corrected chi connectivity index (χ4v) is 2.60. The molecule has 1 aromatic heterocycles. The largest absolute Gasteiger partial charge is 0.459 e. The maximum absolute atomic E-state index is 11.8. The van der Waals surface area contributed by atoms with Crippen molar-refractivity contribution in [3.63, 3.8) is 0 Å². The number of ether oxygens (including phenoxy) is 1. The number of anilines is 1. The highest BCUT2D eigenvalue weighted by Gasteiger charge is 2.28. The van der Waals surface area contributed by atoms with Gasteiger partial charge in [-0.1, -0.05) is 11.8 Å². The summed E-state index contributed by atoms with van der Waals surface area (Å²) in [6, 6.07) is 0. The molecule has 0 radical (unpaired) electrons. The Morgan fingerprint density at radius 3 is 2.62 bits per heavy atom. The molecule has 3 N–H and O–H groups in total. The van der Waals surface area contributed by atoms with Gasteiger partial charge in [0.25, 0.3) is 0 Å². The van der Waals surface area contributed by atoms with Crippen LogP contribution in [-0.2, 0) is 9.53 Å². The van der Waals surface area contributed by atoms with E-state index >= 15 is 0 Å². The Morgan fingerprint density at radius 1 is 1.43 bits per heavy atom. The molecule has 0 atom stereocenters. The van der Waals surface area contributed by atoms with Gasteiger partial charge in [0.1, 0.15) is 22.3 Å². The van der Waals surface area contributed by atoms with E-state index in [-0.39, 0.29) is 11.7 Å². The molecule has 0 amide bonds. The first-order valence-electron chi connectivity index (χ1n) is 7.00. The predicted molar refractivity (Wildman–Crippen MR) is 83.1 cm³/mol.